The second kappa shape index (κ2) is 4.45. The van der Waals surface area contributed by atoms with Gasteiger partial charge in [-0.3, -0.25) is 4.79 Å². The predicted octanol–water partition coefficient (Wildman–Crippen LogP) is 2.66. The maximum Gasteiger partial charge on any atom is 0.272 e. The fourth-order valence-corrected chi connectivity index (χ4v) is 2.20. The van der Waals surface area contributed by atoms with E-state index in [1.807, 2.05) is 0 Å². The summed E-state index contributed by atoms with van der Waals surface area (Å²) < 4.78 is 18.7. The molecule has 2 aromatic rings. The minimum Gasteiger partial charge on any atom is -0.618 e. The highest BCUT2D eigenvalue weighted by Crippen LogP contribution is 2.29. The highest BCUT2D eigenvalue weighted by atomic mass is 19.1. The van der Waals surface area contributed by atoms with Gasteiger partial charge in [-0.1, -0.05) is 0 Å². The molecular formula is C15H10FNO3. The quantitative estimate of drug-likeness (QED) is 0.623. The summed E-state index contributed by atoms with van der Waals surface area (Å²) >= 11 is 0. The smallest absolute Gasteiger partial charge is 0.272 e. The van der Waals surface area contributed by atoms with Crippen molar-refractivity contribution < 1.29 is 18.7 Å². The molecule has 0 aromatic heterocycles. The predicted molar refractivity (Wildman–Crippen MR) is 71.1 cm³/mol. The van der Waals surface area contributed by atoms with Crippen molar-refractivity contribution in [2.24, 2.45) is 0 Å². The molecule has 0 spiro atoms. The molecule has 0 N–H and O–H groups in total. The third-order valence-corrected chi connectivity index (χ3v) is 3.20. The van der Waals surface area contributed by atoms with Crippen molar-refractivity contribution >= 4 is 17.2 Å². The summed E-state index contributed by atoms with van der Waals surface area (Å²) in [6, 6.07) is 10.1. The molecular weight excluding hydrogens is 261 g/mol. The van der Waals surface area contributed by atoms with E-state index in [9.17, 15) is 14.4 Å². The van der Waals surface area contributed by atoms with Crippen molar-refractivity contribution in [2.45, 2.75) is 0 Å². The largest absolute Gasteiger partial charge is 0.618 e. The molecule has 20 heavy (non-hydrogen) atoms. The number of rotatable bonds is 2. The zero-order valence-corrected chi connectivity index (χ0v) is 10.6. The summed E-state index contributed by atoms with van der Waals surface area (Å²) in [5.41, 5.74) is 0.726. The van der Waals surface area contributed by atoms with Crippen LogP contribution in [0, 0.1) is 11.0 Å². The summed E-state index contributed by atoms with van der Waals surface area (Å²) in [5.74, 6) is -0.325. The molecule has 0 saturated carbocycles. The molecule has 0 fully saturated rings. The number of Topliss-reactive ketones (excluding diaryl/α,β-unsaturated/α-hetero) is 1. The van der Waals surface area contributed by atoms with Gasteiger partial charge in [-0.15, -0.1) is 0 Å². The Morgan fingerprint density at radius 1 is 1.15 bits per heavy atom. The van der Waals surface area contributed by atoms with E-state index in [0.29, 0.717) is 16.1 Å². The van der Waals surface area contributed by atoms with Crippen LogP contribution in [0.1, 0.15) is 15.9 Å². The molecule has 2 aromatic carbocycles. The topological polar surface area (TPSA) is 52.4 Å². The van der Waals surface area contributed by atoms with E-state index in [1.54, 1.807) is 24.3 Å². The summed E-state index contributed by atoms with van der Waals surface area (Å²) in [4.78, 5) is 12.2. The van der Waals surface area contributed by atoms with Gasteiger partial charge in [-0.25, -0.2) is 4.39 Å². The zero-order chi connectivity index (χ0) is 14.3. The molecule has 0 saturated heterocycles. The van der Waals surface area contributed by atoms with Crippen molar-refractivity contribution in [1.82, 2.24) is 0 Å². The Morgan fingerprint density at radius 2 is 1.85 bits per heavy atom. The van der Waals surface area contributed by atoms with Gasteiger partial charge in [0.2, 0.25) is 5.69 Å². The van der Waals surface area contributed by atoms with Gasteiger partial charge in [-0.2, -0.15) is 4.74 Å². The van der Waals surface area contributed by atoms with Gasteiger partial charge in [0.15, 0.2) is 0 Å². The standard InChI is InChI=1S/C15H10FNO3/c1-20-11-5-2-9(3-6-11)14-15(18)12-7-4-10(16)8-13(12)17(14)19/h2-8H,1H3. The highest BCUT2D eigenvalue weighted by molar-refractivity contribution is 6.52. The minimum atomic E-state index is -0.548. The fourth-order valence-electron chi connectivity index (χ4n) is 2.20. The van der Waals surface area contributed by atoms with Crippen LogP contribution in [-0.4, -0.2) is 23.3 Å². The Kier molecular flexibility index (Phi) is 2.75. The molecule has 1 heterocycles. The van der Waals surface area contributed by atoms with Crippen LogP contribution in [0.2, 0.25) is 0 Å². The number of fused-ring (bicyclic) bond motifs is 1. The van der Waals surface area contributed by atoms with Crippen molar-refractivity contribution in [2.75, 3.05) is 7.11 Å². The van der Waals surface area contributed by atoms with E-state index >= 15 is 0 Å². The summed E-state index contributed by atoms with van der Waals surface area (Å²) in [6.07, 6.45) is 0. The molecule has 0 amide bonds. The molecule has 1 aliphatic rings. The number of hydrogen-bond donors (Lipinski definition) is 0. The van der Waals surface area contributed by atoms with Crippen molar-refractivity contribution in [3.05, 3.63) is 64.6 Å². The first-order valence-corrected chi connectivity index (χ1v) is 5.94. The number of benzene rings is 2. The first-order valence-electron chi connectivity index (χ1n) is 5.94. The van der Waals surface area contributed by atoms with Gasteiger partial charge in [0.1, 0.15) is 17.1 Å². The third kappa shape index (κ3) is 1.75. The van der Waals surface area contributed by atoms with Gasteiger partial charge in [0, 0.05) is 6.07 Å². The molecule has 0 aliphatic carbocycles. The Hall–Kier alpha value is -2.69. The van der Waals surface area contributed by atoms with Crippen LogP contribution >= 0.6 is 0 Å². The number of carbonyl (C=O) groups excluding carboxylic acids is 1. The Balaban J connectivity index is 2.12. The van der Waals surface area contributed by atoms with Crippen LogP contribution in [0.4, 0.5) is 10.1 Å². The van der Waals surface area contributed by atoms with E-state index in [4.69, 9.17) is 4.74 Å². The third-order valence-electron chi connectivity index (χ3n) is 3.20. The second-order valence-electron chi connectivity index (χ2n) is 4.36. The van der Waals surface area contributed by atoms with Gasteiger partial charge < -0.3 is 9.94 Å². The van der Waals surface area contributed by atoms with Gasteiger partial charge in [0.05, 0.1) is 12.7 Å². The van der Waals surface area contributed by atoms with E-state index in [2.05, 4.69) is 0 Å². The van der Waals surface area contributed by atoms with Crippen LogP contribution in [-0.2, 0) is 0 Å². The van der Waals surface area contributed by atoms with Crippen molar-refractivity contribution in [3.8, 4) is 5.75 Å². The summed E-state index contributed by atoms with van der Waals surface area (Å²) in [6.45, 7) is 0. The number of ether oxygens (including phenoxy) is 1. The minimum absolute atomic E-state index is 0.00625. The molecule has 3 rings (SSSR count). The molecule has 1 aliphatic heterocycles. The maximum absolute atomic E-state index is 13.2. The number of carbonyl (C=O) groups is 1. The first kappa shape index (κ1) is 12.3. The van der Waals surface area contributed by atoms with E-state index in [1.165, 1.54) is 19.2 Å². The van der Waals surface area contributed by atoms with Crippen LogP contribution < -0.4 is 4.74 Å². The van der Waals surface area contributed by atoms with Crippen molar-refractivity contribution in [3.63, 3.8) is 0 Å². The summed E-state index contributed by atoms with van der Waals surface area (Å²) in [5, 5.41) is 12.2. The molecule has 0 atom stereocenters. The van der Waals surface area contributed by atoms with Gasteiger partial charge >= 0.3 is 0 Å². The average molecular weight is 271 g/mol. The lowest BCUT2D eigenvalue weighted by atomic mass is 10.0. The zero-order valence-electron chi connectivity index (χ0n) is 10.6. The number of hydrogen-bond acceptors (Lipinski definition) is 3. The fraction of sp³-hybridized carbons (Fsp3) is 0.0667. The van der Waals surface area contributed by atoms with Gasteiger partial charge in [-0.05, 0) is 36.4 Å². The average Bonchev–Trinajstić information content (AvgIpc) is 2.71. The van der Waals surface area contributed by atoms with Crippen LogP contribution in [0.3, 0.4) is 0 Å². The molecule has 0 radical (unpaired) electrons. The molecule has 0 bridgehead atoms. The van der Waals surface area contributed by atoms with Crippen molar-refractivity contribution in [1.29, 1.82) is 0 Å². The first-order chi connectivity index (χ1) is 9.61. The SMILES string of the molecule is COc1ccc(C2=[N+]([O-])c3cc(F)ccc3C2=O)cc1. The van der Waals surface area contributed by atoms with E-state index < -0.39 is 11.6 Å². The molecule has 4 nitrogen and oxygen atoms in total. The number of halogens is 1. The summed E-state index contributed by atoms with van der Waals surface area (Å²) in [7, 11) is 1.53. The maximum atomic E-state index is 13.2. The number of ketones is 1. The van der Waals surface area contributed by atoms with Gasteiger partial charge in [0.25, 0.3) is 11.5 Å². The van der Waals surface area contributed by atoms with Crippen LogP contribution in [0.5, 0.6) is 5.75 Å². The normalized spacial score (nSPS) is 13.6. The molecule has 0 unspecified atom stereocenters. The van der Waals surface area contributed by atoms with E-state index in [-0.39, 0.29) is 17.0 Å². The van der Waals surface area contributed by atoms with Crippen LogP contribution in [0.25, 0.3) is 0 Å². The van der Waals surface area contributed by atoms with Crippen LogP contribution in [0.15, 0.2) is 42.5 Å². The number of nitrogens with zero attached hydrogens (tertiary/aromatic N) is 1. The second-order valence-corrected chi connectivity index (χ2v) is 4.36. The molecule has 100 valence electrons. The Bertz CT molecular complexity index is 735. The highest BCUT2D eigenvalue weighted by Gasteiger charge is 2.36. The number of methoxy groups -OCH3 is 1. The van der Waals surface area contributed by atoms with E-state index in [0.717, 1.165) is 6.07 Å². The lowest BCUT2D eigenvalue weighted by molar-refractivity contribution is -0.355. The molecule has 5 heteroatoms. The Morgan fingerprint density at radius 3 is 2.50 bits per heavy atom. The monoisotopic (exact) mass is 271 g/mol. The lowest BCUT2D eigenvalue weighted by Crippen LogP contribution is -2.16. The lowest BCUT2D eigenvalue weighted by Gasteiger charge is -2.03. The Labute approximate surface area is 114 Å².